The van der Waals surface area contributed by atoms with Crippen LogP contribution in [0.1, 0.15) is 12.0 Å². The normalized spacial score (nSPS) is 11.3. The van der Waals surface area contributed by atoms with Gasteiger partial charge in [0.2, 0.25) is 0 Å². The number of methoxy groups -OCH3 is 1. The summed E-state index contributed by atoms with van der Waals surface area (Å²) in [7, 11) is -1.33. The maximum Gasteiger partial charge on any atom is 0.147 e. The molecule has 0 radical (unpaired) electrons. The van der Waals surface area contributed by atoms with E-state index >= 15 is 0 Å². The second-order valence-electron chi connectivity index (χ2n) is 3.94. The fourth-order valence-electron chi connectivity index (χ4n) is 1.41. The van der Waals surface area contributed by atoms with Crippen molar-refractivity contribution in [3.63, 3.8) is 0 Å². The first kappa shape index (κ1) is 15.3. The molecule has 1 aromatic rings. The summed E-state index contributed by atoms with van der Waals surface area (Å²) in [5.41, 5.74) is 1.01. The van der Waals surface area contributed by atoms with Crippen LogP contribution in [0.4, 0.5) is 0 Å². The van der Waals surface area contributed by atoms with Gasteiger partial charge in [-0.25, -0.2) is 8.42 Å². The number of sulfone groups is 1. The molecule has 0 atom stereocenters. The summed E-state index contributed by atoms with van der Waals surface area (Å²) in [4.78, 5) is 0. The van der Waals surface area contributed by atoms with Crippen molar-refractivity contribution >= 4 is 25.8 Å². The first-order chi connectivity index (χ1) is 8.46. The van der Waals surface area contributed by atoms with E-state index in [9.17, 15) is 8.42 Å². The van der Waals surface area contributed by atoms with Gasteiger partial charge in [0, 0.05) is 23.2 Å². The van der Waals surface area contributed by atoms with Crippen molar-refractivity contribution in [2.24, 2.45) is 0 Å². The van der Waals surface area contributed by atoms with Crippen molar-refractivity contribution in [3.8, 4) is 11.5 Å². The lowest BCUT2D eigenvalue weighted by Crippen LogP contribution is -2.08. The fourth-order valence-corrected chi connectivity index (χ4v) is 2.52. The minimum absolute atomic E-state index is 0.139. The van der Waals surface area contributed by atoms with Crippen molar-refractivity contribution in [2.45, 2.75) is 11.8 Å². The highest BCUT2D eigenvalue weighted by Crippen LogP contribution is 2.26. The molecule has 0 saturated heterocycles. The summed E-state index contributed by atoms with van der Waals surface area (Å²) in [6.45, 7) is 0.375. The molecule has 1 rings (SSSR count). The number of benzene rings is 1. The molecular weight excluding hydrogens is 320 g/mol. The predicted molar refractivity (Wildman–Crippen MR) is 75.4 cm³/mol. The third-order valence-corrected chi connectivity index (χ3v) is 3.97. The number of ether oxygens (including phenoxy) is 2. The van der Waals surface area contributed by atoms with E-state index in [4.69, 9.17) is 9.47 Å². The summed E-state index contributed by atoms with van der Waals surface area (Å²) in [6.07, 6.45) is 1.71. The van der Waals surface area contributed by atoms with Gasteiger partial charge in [0.05, 0.1) is 19.5 Å². The minimum Gasteiger partial charge on any atom is -0.497 e. The van der Waals surface area contributed by atoms with Crippen LogP contribution in [0.3, 0.4) is 0 Å². The van der Waals surface area contributed by atoms with Gasteiger partial charge in [0.25, 0.3) is 0 Å². The molecule has 0 unspecified atom stereocenters. The van der Waals surface area contributed by atoms with Crippen LogP contribution < -0.4 is 9.47 Å². The molecule has 102 valence electrons. The summed E-state index contributed by atoms with van der Waals surface area (Å²) in [6, 6.07) is 5.58. The lowest BCUT2D eigenvalue weighted by atomic mass is 10.2. The van der Waals surface area contributed by atoms with E-state index < -0.39 is 9.84 Å². The van der Waals surface area contributed by atoms with Gasteiger partial charge in [-0.1, -0.05) is 22.0 Å². The predicted octanol–water partition coefficient (Wildman–Crippen LogP) is 2.40. The highest BCUT2D eigenvalue weighted by molar-refractivity contribution is 9.08. The van der Waals surface area contributed by atoms with Crippen LogP contribution in [0.2, 0.25) is 0 Å². The van der Waals surface area contributed by atoms with Crippen LogP contribution in [0.5, 0.6) is 11.5 Å². The van der Waals surface area contributed by atoms with Crippen LogP contribution >= 0.6 is 15.9 Å². The van der Waals surface area contributed by atoms with E-state index in [2.05, 4.69) is 15.9 Å². The van der Waals surface area contributed by atoms with Gasteiger partial charge in [-0.2, -0.15) is 0 Å². The second kappa shape index (κ2) is 6.99. The molecule has 0 aliphatic rings. The molecular formula is C12H17BrO4S. The molecule has 1 aromatic carbocycles. The van der Waals surface area contributed by atoms with Crippen molar-refractivity contribution in [2.75, 3.05) is 25.7 Å². The van der Waals surface area contributed by atoms with Gasteiger partial charge in [0.15, 0.2) is 0 Å². The number of hydrogen-bond donors (Lipinski definition) is 0. The molecule has 0 aromatic heterocycles. The second-order valence-corrected chi connectivity index (χ2v) is 6.76. The molecule has 0 fully saturated rings. The molecule has 0 spiro atoms. The molecule has 4 nitrogen and oxygen atoms in total. The Labute approximate surface area is 116 Å². The molecule has 6 heteroatoms. The Morgan fingerprint density at radius 2 is 2.06 bits per heavy atom. The SMILES string of the molecule is COc1ccc(CBr)c(OCCCS(C)(=O)=O)c1. The van der Waals surface area contributed by atoms with Crippen LogP contribution in [-0.2, 0) is 15.2 Å². The maximum absolute atomic E-state index is 11.0. The van der Waals surface area contributed by atoms with Crippen LogP contribution in [0.25, 0.3) is 0 Å². The monoisotopic (exact) mass is 336 g/mol. The van der Waals surface area contributed by atoms with E-state index in [1.807, 2.05) is 12.1 Å². The quantitative estimate of drug-likeness (QED) is 0.566. The highest BCUT2D eigenvalue weighted by Gasteiger charge is 2.06. The van der Waals surface area contributed by atoms with Gasteiger partial charge >= 0.3 is 0 Å². The van der Waals surface area contributed by atoms with Crippen molar-refractivity contribution in [3.05, 3.63) is 23.8 Å². The Kier molecular flexibility index (Phi) is 5.95. The summed E-state index contributed by atoms with van der Waals surface area (Å²) >= 11 is 3.38. The Balaban J connectivity index is 2.60. The zero-order chi connectivity index (χ0) is 13.6. The highest BCUT2D eigenvalue weighted by atomic mass is 79.9. The lowest BCUT2D eigenvalue weighted by Gasteiger charge is -2.11. The van der Waals surface area contributed by atoms with Gasteiger partial charge in [0.1, 0.15) is 21.3 Å². The lowest BCUT2D eigenvalue weighted by molar-refractivity contribution is 0.312. The largest absolute Gasteiger partial charge is 0.497 e. The molecule has 18 heavy (non-hydrogen) atoms. The maximum atomic E-state index is 11.0. The van der Waals surface area contributed by atoms with Crippen molar-refractivity contribution in [1.82, 2.24) is 0 Å². The van der Waals surface area contributed by atoms with Gasteiger partial charge in [-0.3, -0.25) is 0 Å². The molecule has 0 heterocycles. The summed E-state index contributed by atoms with van der Waals surface area (Å²) in [5, 5.41) is 0.679. The summed E-state index contributed by atoms with van der Waals surface area (Å²) < 4.78 is 32.7. The molecule has 0 amide bonds. The third-order valence-electron chi connectivity index (χ3n) is 2.34. The molecule has 0 saturated carbocycles. The molecule has 0 bridgehead atoms. The Morgan fingerprint density at radius 1 is 1.33 bits per heavy atom. The zero-order valence-corrected chi connectivity index (χ0v) is 12.9. The van der Waals surface area contributed by atoms with Gasteiger partial charge < -0.3 is 9.47 Å². The first-order valence-corrected chi connectivity index (χ1v) is 8.68. The van der Waals surface area contributed by atoms with E-state index in [1.165, 1.54) is 6.26 Å². The summed E-state index contributed by atoms with van der Waals surface area (Å²) in [5.74, 6) is 1.58. The molecule has 0 aliphatic heterocycles. The van der Waals surface area contributed by atoms with Gasteiger partial charge in [-0.05, 0) is 12.5 Å². The van der Waals surface area contributed by atoms with Crippen molar-refractivity contribution < 1.29 is 17.9 Å². The standard InChI is InChI=1S/C12H17BrO4S/c1-16-11-5-4-10(9-13)12(8-11)17-6-3-7-18(2,14)15/h4-5,8H,3,6-7,9H2,1-2H3. The van der Waals surface area contributed by atoms with E-state index in [0.717, 1.165) is 17.1 Å². The molecule has 0 N–H and O–H groups in total. The number of rotatable bonds is 7. The Bertz CT molecular complexity index is 485. The van der Waals surface area contributed by atoms with E-state index in [0.29, 0.717) is 18.4 Å². The van der Waals surface area contributed by atoms with Gasteiger partial charge in [-0.15, -0.1) is 0 Å². The average Bonchev–Trinajstić information content (AvgIpc) is 2.33. The Morgan fingerprint density at radius 3 is 2.61 bits per heavy atom. The van der Waals surface area contributed by atoms with E-state index in [-0.39, 0.29) is 5.75 Å². The first-order valence-electron chi connectivity index (χ1n) is 5.49. The third kappa shape index (κ3) is 5.27. The fraction of sp³-hybridized carbons (Fsp3) is 0.500. The molecule has 0 aliphatic carbocycles. The average molecular weight is 337 g/mol. The van der Waals surface area contributed by atoms with Crippen LogP contribution in [-0.4, -0.2) is 34.1 Å². The number of alkyl halides is 1. The Hall–Kier alpha value is -0.750. The smallest absolute Gasteiger partial charge is 0.147 e. The topological polar surface area (TPSA) is 52.6 Å². The number of hydrogen-bond acceptors (Lipinski definition) is 4. The van der Waals surface area contributed by atoms with Crippen LogP contribution in [0.15, 0.2) is 18.2 Å². The number of halogens is 1. The minimum atomic E-state index is -2.92. The van der Waals surface area contributed by atoms with Crippen molar-refractivity contribution in [1.29, 1.82) is 0 Å². The van der Waals surface area contributed by atoms with Crippen LogP contribution in [0, 0.1) is 0 Å². The zero-order valence-electron chi connectivity index (χ0n) is 10.5. The van der Waals surface area contributed by atoms with E-state index in [1.54, 1.807) is 13.2 Å².